The molecule has 0 bridgehead atoms. The molecule has 1 fully saturated rings. The number of benzene rings is 1. The van der Waals surface area contributed by atoms with E-state index in [1.54, 1.807) is 0 Å². The molecule has 2 rings (SSSR count). The first-order chi connectivity index (χ1) is 7.27. The standard InChI is InChI=1S/C11H14ClNOS/c12-9-2-1-3-10(11(9)13)15-8-4-6-14-7-5-8/h1-3,8H,4-7,13H2. The molecule has 0 aliphatic carbocycles. The summed E-state index contributed by atoms with van der Waals surface area (Å²) >= 11 is 7.78. The molecule has 82 valence electrons. The molecular weight excluding hydrogens is 230 g/mol. The number of hydrogen-bond donors (Lipinski definition) is 1. The van der Waals surface area contributed by atoms with Gasteiger partial charge in [0.25, 0.3) is 0 Å². The van der Waals surface area contributed by atoms with Gasteiger partial charge in [-0.1, -0.05) is 17.7 Å². The summed E-state index contributed by atoms with van der Waals surface area (Å²) in [4.78, 5) is 1.09. The molecule has 1 heterocycles. The Kier molecular flexibility index (Phi) is 3.78. The Morgan fingerprint density at radius 2 is 2.07 bits per heavy atom. The highest BCUT2D eigenvalue weighted by Crippen LogP contribution is 2.36. The first kappa shape index (κ1) is 11.1. The zero-order chi connectivity index (χ0) is 10.7. The predicted molar refractivity (Wildman–Crippen MR) is 65.6 cm³/mol. The minimum Gasteiger partial charge on any atom is -0.397 e. The molecule has 0 saturated carbocycles. The van der Waals surface area contributed by atoms with Gasteiger partial charge >= 0.3 is 0 Å². The Balaban J connectivity index is 2.06. The number of hydrogen-bond acceptors (Lipinski definition) is 3. The first-order valence-corrected chi connectivity index (χ1v) is 6.31. The van der Waals surface area contributed by atoms with Crippen LogP contribution in [0.3, 0.4) is 0 Å². The number of halogens is 1. The summed E-state index contributed by atoms with van der Waals surface area (Å²) in [5.74, 6) is 0. The third-order valence-corrected chi connectivity index (χ3v) is 4.22. The average Bonchev–Trinajstić information content (AvgIpc) is 2.26. The van der Waals surface area contributed by atoms with Gasteiger partial charge < -0.3 is 10.5 Å². The van der Waals surface area contributed by atoms with Crippen molar-refractivity contribution in [3.63, 3.8) is 0 Å². The van der Waals surface area contributed by atoms with Gasteiger partial charge in [-0.25, -0.2) is 0 Å². The van der Waals surface area contributed by atoms with Gasteiger partial charge in [0, 0.05) is 23.4 Å². The van der Waals surface area contributed by atoms with Crippen LogP contribution in [0.1, 0.15) is 12.8 Å². The molecule has 2 nitrogen and oxygen atoms in total. The maximum atomic E-state index is 5.97. The number of nitrogen functional groups attached to an aromatic ring is 1. The molecule has 1 aromatic carbocycles. The van der Waals surface area contributed by atoms with Gasteiger partial charge in [0.2, 0.25) is 0 Å². The molecule has 0 atom stereocenters. The van der Waals surface area contributed by atoms with E-state index in [9.17, 15) is 0 Å². The minimum absolute atomic E-state index is 0.611. The van der Waals surface area contributed by atoms with Gasteiger partial charge in [-0.2, -0.15) is 0 Å². The number of anilines is 1. The van der Waals surface area contributed by atoms with Crippen molar-refractivity contribution >= 4 is 29.1 Å². The molecule has 1 aromatic rings. The van der Waals surface area contributed by atoms with Crippen molar-refractivity contribution in [2.45, 2.75) is 23.0 Å². The molecule has 0 spiro atoms. The lowest BCUT2D eigenvalue weighted by atomic mass is 10.2. The highest BCUT2D eigenvalue weighted by molar-refractivity contribution is 8.00. The fourth-order valence-corrected chi connectivity index (χ4v) is 3.01. The van der Waals surface area contributed by atoms with Crippen LogP contribution < -0.4 is 5.73 Å². The maximum absolute atomic E-state index is 5.97. The van der Waals surface area contributed by atoms with Crippen LogP contribution in [-0.2, 0) is 4.74 Å². The number of ether oxygens (including phenoxy) is 1. The van der Waals surface area contributed by atoms with E-state index in [4.69, 9.17) is 22.1 Å². The predicted octanol–water partition coefficient (Wildman–Crippen LogP) is 3.19. The largest absolute Gasteiger partial charge is 0.397 e. The van der Waals surface area contributed by atoms with Crippen molar-refractivity contribution < 1.29 is 4.74 Å². The van der Waals surface area contributed by atoms with Gasteiger partial charge in [0.15, 0.2) is 0 Å². The van der Waals surface area contributed by atoms with E-state index >= 15 is 0 Å². The molecule has 0 aromatic heterocycles. The number of thioether (sulfide) groups is 1. The van der Waals surface area contributed by atoms with E-state index in [1.165, 1.54) is 0 Å². The second-order valence-electron chi connectivity index (χ2n) is 3.58. The average molecular weight is 244 g/mol. The molecule has 1 aliphatic rings. The quantitative estimate of drug-likeness (QED) is 0.811. The second kappa shape index (κ2) is 5.10. The van der Waals surface area contributed by atoms with Crippen LogP contribution in [0.4, 0.5) is 5.69 Å². The van der Waals surface area contributed by atoms with Gasteiger partial charge in [0.05, 0.1) is 10.7 Å². The molecular formula is C11H14ClNOS. The fraction of sp³-hybridized carbons (Fsp3) is 0.455. The molecule has 4 heteroatoms. The Bertz CT molecular complexity index is 339. The number of para-hydroxylation sites is 1. The third-order valence-electron chi connectivity index (χ3n) is 2.47. The summed E-state index contributed by atoms with van der Waals surface area (Å²) in [7, 11) is 0. The van der Waals surface area contributed by atoms with E-state index in [0.29, 0.717) is 16.0 Å². The monoisotopic (exact) mass is 243 g/mol. The zero-order valence-corrected chi connectivity index (χ0v) is 9.98. The van der Waals surface area contributed by atoms with E-state index in [0.717, 1.165) is 31.0 Å². The number of rotatable bonds is 2. The highest BCUT2D eigenvalue weighted by atomic mass is 35.5. The fourth-order valence-electron chi connectivity index (χ4n) is 1.59. The molecule has 2 N–H and O–H groups in total. The second-order valence-corrected chi connectivity index (χ2v) is 5.33. The van der Waals surface area contributed by atoms with Crippen LogP contribution in [0.25, 0.3) is 0 Å². The third kappa shape index (κ3) is 2.80. The SMILES string of the molecule is Nc1c(Cl)cccc1SC1CCOCC1. The smallest absolute Gasteiger partial charge is 0.0646 e. The van der Waals surface area contributed by atoms with Crippen molar-refractivity contribution in [3.05, 3.63) is 23.2 Å². The zero-order valence-electron chi connectivity index (χ0n) is 8.41. The number of nitrogens with two attached hydrogens (primary N) is 1. The van der Waals surface area contributed by atoms with Crippen molar-refractivity contribution in [1.29, 1.82) is 0 Å². The minimum atomic E-state index is 0.611. The van der Waals surface area contributed by atoms with Crippen LogP contribution in [0, 0.1) is 0 Å². The lowest BCUT2D eigenvalue weighted by Crippen LogP contribution is -2.17. The van der Waals surface area contributed by atoms with Gasteiger partial charge in [-0.15, -0.1) is 11.8 Å². The summed E-state index contributed by atoms with van der Waals surface area (Å²) in [6, 6.07) is 5.80. The normalized spacial score (nSPS) is 17.9. The van der Waals surface area contributed by atoms with Gasteiger partial charge in [-0.05, 0) is 25.0 Å². The Morgan fingerprint density at radius 1 is 1.33 bits per heavy atom. The van der Waals surface area contributed by atoms with E-state index in [1.807, 2.05) is 30.0 Å². The van der Waals surface area contributed by atoms with E-state index in [-0.39, 0.29) is 0 Å². The molecule has 1 aliphatic heterocycles. The molecule has 0 amide bonds. The lowest BCUT2D eigenvalue weighted by molar-refractivity contribution is 0.100. The summed E-state index contributed by atoms with van der Waals surface area (Å²) < 4.78 is 5.32. The van der Waals surface area contributed by atoms with Gasteiger partial charge in [0.1, 0.15) is 0 Å². The van der Waals surface area contributed by atoms with Crippen molar-refractivity contribution in [1.82, 2.24) is 0 Å². The van der Waals surface area contributed by atoms with Crippen molar-refractivity contribution in [2.75, 3.05) is 18.9 Å². The Morgan fingerprint density at radius 3 is 2.80 bits per heavy atom. The summed E-state index contributed by atoms with van der Waals surface area (Å²) in [6.45, 7) is 1.72. The summed E-state index contributed by atoms with van der Waals surface area (Å²) in [6.07, 6.45) is 2.19. The van der Waals surface area contributed by atoms with Crippen molar-refractivity contribution in [3.8, 4) is 0 Å². The van der Waals surface area contributed by atoms with Crippen LogP contribution in [0.15, 0.2) is 23.1 Å². The lowest BCUT2D eigenvalue weighted by Gasteiger charge is -2.22. The highest BCUT2D eigenvalue weighted by Gasteiger charge is 2.16. The molecule has 0 radical (unpaired) electrons. The topological polar surface area (TPSA) is 35.2 Å². The maximum Gasteiger partial charge on any atom is 0.0646 e. The Hall–Kier alpha value is -0.380. The summed E-state index contributed by atoms with van der Waals surface area (Å²) in [5.41, 5.74) is 6.62. The van der Waals surface area contributed by atoms with Crippen LogP contribution in [0.2, 0.25) is 5.02 Å². The Labute approximate surface area is 99.1 Å². The van der Waals surface area contributed by atoms with E-state index in [2.05, 4.69) is 0 Å². The van der Waals surface area contributed by atoms with Gasteiger partial charge in [-0.3, -0.25) is 0 Å². The van der Waals surface area contributed by atoms with E-state index < -0.39 is 0 Å². The van der Waals surface area contributed by atoms with Crippen molar-refractivity contribution in [2.24, 2.45) is 0 Å². The molecule has 1 saturated heterocycles. The van der Waals surface area contributed by atoms with Crippen LogP contribution >= 0.6 is 23.4 Å². The molecule has 0 unspecified atom stereocenters. The van der Waals surface area contributed by atoms with Crippen LogP contribution in [-0.4, -0.2) is 18.5 Å². The summed E-state index contributed by atoms with van der Waals surface area (Å²) in [5, 5.41) is 1.26. The van der Waals surface area contributed by atoms with Crippen LogP contribution in [0.5, 0.6) is 0 Å². The first-order valence-electron chi connectivity index (χ1n) is 5.06. The molecule has 15 heavy (non-hydrogen) atoms.